The van der Waals surface area contributed by atoms with E-state index in [-0.39, 0.29) is 5.92 Å². The van der Waals surface area contributed by atoms with Crippen molar-refractivity contribution in [2.75, 3.05) is 0 Å². The highest BCUT2D eigenvalue weighted by molar-refractivity contribution is 5.83. The number of hydrogen-bond acceptors (Lipinski definition) is 1. The number of Topliss-reactive ketones (excluding diaryl/α,β-unsaturated/α-hetero) is 1. The number of carbonyl (C=O) groups is 1. The molecule has 3 atom stereocenters. The van der Waals surface area contributed by atoms with Crippen molar-refractivity contribution < 1.29 is 4.79 Å². The van der Waals surface area contributed by atoms with Gasteiger partial charge in [0, 0.05) is 12.3 Å². The molecule has 0 bridgehead atoms. The van der Waals surface area contributed by atoms with Gasteiger partial charge in [-0.1, -0.05) is 43.3 Å². The molecule has 0 unspecified atom stereocenters. The number of benzene rings is 1. The lowest BCUT2D eigenvalue weighted by atomic mass is 9.66. The van der Waals surface area contributed by atoms with Crippen LogP contribution in [0.1, 0.15) is 36.8 Å². The molecule has 0 radical (unpaired) electrons. The van der Waals surface area contributed by atoms with Gasteiger partial charge in [0.1, 0.15) is 5.78 Å². The van der Waals surface area contributed by atoms with Crippen LogP contribution in [0.25, 0.3) is 6.08 Å². The first-order chi connectivity index (χ1) is 7.77. The molecular formula is C15H16O. The van der Waals surface area contributed by atoms with E-state index in [1.807, 2.05) is 0 Å². The predicted molar refractivity (Wildman–Crippen MR) is 65.1 cm³/mol. The van der Waals surface area contributed by atoms with Gasteiger partial charge in [0.05, 0.1) is 0 Å². The van der Waals surface area contributed by atoms with Gasteiger partial charge in [-0.05, 0) is 29.4 Å². The fourth-order valence-electron chi connectivity index (χ4n) is 3.16. The quantitative estimate of drug-likeness (QED) is 0.644. The van der Waals surface area contributed by atoms with Gasteiger partial charge in [0.15, 0.2) is 0 Å². The number of fused-ring (bicyclic) bond motifs is 3. The topological polar surface area (TPSA) is 17.1 Å². The lowest BCUT2D eigenvalue weighted by Gasteiger charge is -2.37. The Kier molecular flexibility index (Phi) is 2.20. The number of carbonyl (C=O) groups excluding carboxylic acids is 1. The summed E-state index contributed by atoms with van der Waals surface area (Å²) in [4.78, 5) is 11.7. The molecule has 1 aromatic carbocycles. The summed E-state index contributed by atoms with van der Waals surface area (Å²) < 4.78 is 0. The minimum Gasteiger partial charge on any atom is -0.299 e. The minimum atomic E-state index is 0.198. The van der Waals surface area contributed by atoms with E-state index in [9.17, 15) is 4.79 Å². The third-order valence-electron chi connectivity index (χ3n) is 4.15. The molecule has 1 nitrogen and oxygen atoms in total. The summed E-state index contributed by atoms with van der Waals surface area (Å²) in [6.45, 7) is 2.08. The Morgan fingerprint density at radius 3 is 2.94 bits per heavy atom. The molecule has 1 heteroatoms. The van der Waals surface area contributed by atoms with E-state index in [1.165, 1.54) is 11.1 Å². The van der Waals surface area contributed by atoms with Gasteiger partial charge in [-0.15, -0.1) is 0 Å². The molecule has 0 heterocycles. The molecule has 0 spiro atoms. The SMILES string of the molecule is C[C@@H]1C(=O)CC[C@H]2c3ccccc3C=C[C@@H]12. The predicted octanol–water partition coefficient (Wildman–Crippen LogP) is 3.41. The van der Waals surface area contributed by atoms with Crippen molar-refractivity contribution in [2.45, 2.75) is 25.7 Å². The Morgan fingerprint density at radius 2 is 2.06 bits per heavy atom. The first-order valence-corrected chi connectivity index (χ1v) is 6.07. The van der Waals surface area contributed by atoms with E-state index in [2.05, 4.69) is 43.3 Å². The average molecular weight is 212 g/mol. The van der Waals surface area contributed by atoms with Crippen LogP contribution >= 0.6 is 0 Å². The van der Waals surface area contributed by atoms with E-state index < -0.39 is 0 Å². The third-order valence-corrected chi connectivity index (χ3v) is 4.15. The van der Waals surface area contributed by atoms with Crippen LogP contribution < -0.4 is 0 Å². The van der Waals surface area contributed by atoms with Crippen molar-refractivity contribution >= 4 is 11.9 Å². The molecule has 82 valence electrons. The second-order valence-corrected chi connectivity index (χ2v) is 4.97. The first kappa shape index (κ1) is 9.83. The number of allylic oxidation sites excluding steroid dienone is 1. The largest absolute Gasteiger partial charge is 0.299 e. The summed E-state index contributed by atoms with van der Waals surface area (Å²) in [7, 11) is 0. The normalized spacial score (nSPS) is 32.1. The molecular weight excluding hydrogens is 196 g/mol. The highest BCUT2D eigenvalue weighted by atomic mass is 16.1. The number of rotatable bonds is 0. The maximum absolute atomic E-state index is 11.7. The van der Waals surface area contributed by atoms with Crippen LogP contribution in [0, 0.1) is 11.8 Å². The molecule has 2 aliphatic rings. The zero-order valence-corrected chi connectivity index (χ0v) is 9.52. The summed E-state index contributed by atoms with van der Waals surface area (Å²) in [6.07, 6.45) is 6.21. The molecule has 0 saturated heterocycles. The fraction of sp³-hybridized carbons (Fsp3) is 0.400. The van der Waals surface area contributed by atoms with Gasteiger partial charge in [-0.3, -0.25) is 4.79 Å². The summed E-state index contributed by atoms with van der Waals surface area (Å²) in [5.74, 6) is 1.62. The van der Waals surface area contributed by atoms with Crippen LogP contribution in [0.4, 0.5) is 0 Å². The highest BCUT2D eigenvalue weighted by Crippen LogP contribution is 2.44. The Hall–Kier alpha value is -1.37. The maximum atomic E-state index is 11.7. The summed E-state index contributed by atoms with van der Waals surface area (Å²) in [6, 6.07) is 8.58. The standard InChI is InChI=1S/C15H16O/c1-10-12-7-6-11-4-2-3-5-13(11)14(12)8-9-15(10)16/h2-7,10,12,14H,8-9H2,1H3/t10-,12-,14+/m0/s1. The Morgan fingerprint density at radius 1 is 1.25 bits per heavy atom. The van der Waals surface area contributed by atoms with Crippen LogP contribution in [0.3, 0.4) is 0 Å². The van der Waals surface area contributed by atoms with Gasteiger partial charge in [0.2, 0.25) is 0 Å². The van der Waals surface area contributed by atoms with Crippen LogP contribution in [-0.2, 0) is 4.79 Å². The van der Waals surface area contributed by atoms with Gasteiger partial charge in [-0.25, -0.2) is 0 Å². The van der Waals surface area contributed by atoms with E-state index in [4.69, 9.17) is 0 Å². The molecule has 1 aromatic rings. The van der Waals surface area contributed by atoms with Crippen molar-refractivity contribution in [2.24, 2.45) is 11.8 Å². The van der Waals surface area contributed by atoms with Crippen molar-refractivity contribution in [3.63, 3.8) is 0 Å². The van der Waals surface area contributed by atoms with Gasteiger partial charge in [0.25, 0.3) is 0 Å². The van der Waals surface area contributed by atoms with Gasteiger partial charge in [-0.2, -0.15) is 0 Å². The van der Waals surface area contributed by atoms with Gasteiger partial charge < -0.3 is 0 Å². The van der Waals surface area contributed by atoms with Crippen LogP contribution in [-0.4, -0.2) is 5.78 Å². The molecule has 1 fully saturated rings. The van der Waals surface area contributed by atoms with E-state index in [1.54, 1.807) is 0 Å². The molecule has 16 heavy (non-hydrogen) atoms. The summed E-state index contributed by atoms with van der Waals surface area (Å²) in [5, 5.41) is 0. The molecule has 0 amide bonds. The molecule has 0 aromatic heterocycles. The van der Waals surface area contributed by atoms with Crippen molar-refractivity contribution in [1.82, 2.24) is 0 Å². The van der Waals surface area contributed by atoms with E-state index in [0.717, 1.165) is 12.8 Å². The zero-order valence-electron chi connectivity index (χ0n) is 9.52. The van der Waals surface area contributed by atoms with E-state index >= 15 is 0 Å². The second-order valence-electron chi connectivity index (χ2n) is 4.97. The lowest BCUT2D eigenvalue weighted by Crippen LogP contribution is -2.32. The van der Waals surface area contributed by atoms with Gasteiger partial charge >= 0.3 is 0 Å². The average Bonchev–Trinajstić information content (AvgIpc) is 2.33. The summed E-state index contributed by atoms with van der Waals surface area (Å²) in [5.41, 5.74) is 2.78. The van der Waals surface area contributed by atoms with Crippen molar-refractivity contribution in [1.29, 1.82) is 0 Å². The molecule has 3 rings (SSSR count). The highest BCUT2D eigenvalue weighted by Gasteiger charge is 2.37. The number of ketones is 1. The number of hydrogen-bond donors (Lipinski definition) is 0. The summed E-state index contributed by atoms with van der Waals surface area (Å²) >= 11 is 0. The Balaban J connectivity index is 2.04. The molecule has 0 aliphatic heterocycles. The van der Waals surface area contributed by atoms with E-state index in [0.29, 0.717) is 17.6 Å². The monoisotopic (exact) mass is 212 g/mol. The Labute approximate surface area is 96.2 Å². The molecule has 0 N–H and O–H groups in total. The van der Waals surface area contributed by atoms with Crippen LogP contribution in [0.5, 0.6) is 0 Å². The maximum Gasteiger partial charge on any atom is 0.136 e. The van der Waals surface area contributed by atoms with Crippen molar-refractivity contribution in [3.05, 3.63) is 41.5 Å². The van der Waals surface area contributed by atoms with Crippen molar-refractivity contribution in [3.8, 4) is 0 Å². The molecule has 1 saturated carbocycles. The zero-order chi connectivity index (χ0) is 11.1. The van der Waals surface area contributed by atoms with Crippen LogP contribution in [0.15, 0.2) is 30.3 Å². The fourth-order valence-corrected chi connectivity index (χ4v) is 3.16. The first-order valence-electron chi connectivity index (χ1n) is 6.07. The second kappa shape index (κ2) is 3.58. The minimum absolute atomic E-state index is 0.198. The third kappa shape index (κ3) is 1.35. The lowest BCUT2D eigenvalue weighted by molar-refractivity contribution is -0.125. The Bertz CT molecular complexity index is 458. The molecule has 2 aliphatic carbocycles. The smallest absolute Gasteiger partial charge is 0.136 e. The van der Waals surface area contributed by atoms with Crippen LogP contribution in [0.2, 0.25) is 0 Å².